The van der Waals surface area contributed by atoms with E-state index in [1.165, 1.54) is 24.3 Å². The normalized spacial score (nSPS) is 11.6. The fourth-order valence-corrected chi connectivity index (χ4v) is 2.49. The summed E-state index contributed by atoms with van der Waals surface area (Å²) in [5, 5.41) is 5.92. The molecule has 0 saturated carbocycles. The van der Waals surface area contributed by atoms with Gasteiger partial charge in [-0.15, -0.1) is 0 Å². The van der Waals surface area contributed by atoms with Gasteiger partial charge >= 0.3 is 0 Å². The van der Waals surface area contributed by atoms with Gasteiger partial charge in [0.1, 0.15) is 11.9 Å². The lowest BCUT2D eigenvalue weighted by Gasteiger charge is -2.15. The molecule has 0 radical (unpaired) electrons. The average molecular weight is 334 g/mol. The van der Waals surface area contributed by atoms with Crippen LogP contribution in [0.5, 0.6) is 0 Å². The van der Waals surface area contributed by atoms with Crippen LogP contribution in [0.2, 0.25) is 0 Å². The predicted octanol–water partition coefficient (Wildman–Crippen LogP) is 4.93. The second kappa shape index (κ2) is 7.62. The SMILES string of the molecule is C[C@H](Nc1ccc(-c2ccccc2)cc1)C(=O)Nc1ccc(F)cc1. The summed E-state index contributed by atoms with van der Waals surface area (Å²) < 4.78 is 12.9. The number of benzene rings is 3. The van der Waals surface area contributed by atoms with Gasteiger partial charge in [0.05, 0.1) is 0 Å². The first-order chi connectivity index (χ1) is 12.1. The van der Waals surface area contributed by atoms with Crippen LogP contribution in [-0.4, -0.2) is 11.9 Å². The van der Waals surface area contributed by atoms with Gasteiger partial charge in [0.2, 0.25) is 5.91 Å². The lowest BCUT2D eigenvalue weighted by molar-refractivity contribution is -0.116. The van der Waals surface area contributed by atoms with Gasteiger partial charge in [0.25, 0.3) is 0 Å². The van der Waals surface area contributed by atoms with Crippen LogP contribution in [0.3, 0.4) is 0 Å². The molecule has 3 rings (SSSR count). The summed E-state index contributed by atoms with van der Waals surface area (Å²) in [6.07, 6.45) is 0. The molecule has 0 heterocycles. The molecule has 3 aromatic carbocycles. The third-order valence-electron chi connectivity index (χ3n) is 3.88. The first-order valence-electron chi connectivity index (χ1n) is 8.10. The molecule has 2 N–H and O–H groups in total. The second-order valence-corrected chi connectivity index (χ2v) is 5.81. The van der Waals surface area contributed by atoms with Crippen LogP contribution in [0.4, 0.5) is 15.8 Å². The van der Waals surface area contributed by atoms with E-state index < -0.39 is 6.04 Å². The Labute approximate surface area is 146 Å². The molecular weight excluding hydrogens is 315 g/mol. The maximum absolute atomic E-state index is 12.9. The van der Waals surface area contributed by atoms with E-state index >= 15 is 0 Å². The molecule has 4 heteroatoms. The molecule has 0 aliphatic heterocycles. The molecule has 0 aliphatic rings. The topological polar surface area (TPSA) is 41.1 Å². The third kappa shape index (κ3) is 4.44. The van der Waals surface area contributed by atoms with Crippen molar-refractivity contribution in [1.82, 2.24) is 0 Å². The minimum absolute atomic E-state index is 0.182. The minimum atomic E-state index is -0.423. The Hall–Kier alpha value is -3.14. The number of hydrogen-bond donors (Lipinski definition) is 2. The Balaban J connectivity index is 1.61. The molecule has 0 unspecified atom stereocenters. The van der Waals surface area contributed by atoms with Crippen LogP contribution in [0, 0.1) is 5.82 Å². The Bertz CT molecular complexity index is 830. The van der Waals surface area contributed by atoms with Gasteiger partial charge in [0.15, 0.2) is 0 Å². The van der Waals surface area contributed by atoms with Crippen molar-refractivity contribution in [2.24, 2.45) is 0 Å². The maximum Gasteiger partial charge on any atom is 0.246 e. The van der Waals surface area contributed by atoms with Crippen molar-refractivity contribution in [3.8, 4) is 11.1 Å². The summed E-state index contributed by atoms with van der Waals surface area (Å²) in [7, 11) is 0. The molecule has 25 heavy (non-hydrogen) atoms. The summed E-state index contributed by atoms with van der Waals surface area (Å²) in [6, 6.07) is 23.3. The van der Waals surface area contributed by atoms with E-state index in [0.717, 1.165) is 16.8 Å². The van der Waals surface area contributed by atoms with Crippen molar-refractivity contribution in [2.75, 3.05) is 10.6 Å². The molecule has 0 spiro atoms. The van der Waals surface area contributed by atoms with E-state index in [-0.39, 0.29) is 11.7 Å². The quantitative estimate of drug-likeness (QED) is 0.694. The summed E-state index contributed by atoms with van der Waals surface area (Å²) in [4.78, 5) is 12.2. The van der Waals surface area contributed by atoms with E-state index in [0.29, 0.717) is 5.69 Å². The van der Waals surface area contributed by atoms with Crippen molar-refractivity contribution >= 4 is 17.3 Å². The highest BCUT2D eigenvalue weighted by atomic mass is 19.1. The Kier molecular flexibility index (Phi) is 5.09. The zero-order valence-electron chi connectivity index (χ0n) is 13.9. The summed E-state index contributed by atoms with van der Waals surface area (Å²) >= 11 is 0. The summed E-state index contributed by atoms with van der Waals surface area (Å²) in [5.74, 6) is -0.513. The highest BCUT2D eigenvalue weighted by molar-refractivity contribution is 5.96. The van der Waals surface area contributed by atoms with Crippen molar-refractivity contribution < 1.29 is 9.18 Å². The molecule has 0 aliphatic carbocycles. The number of halogens is 1. The van der Waals surface area contributed by atoms with Crippen molar-refractivity contribution in [3.63, 3.8) is 0 Å². The predicted molar refractivity (Wildman–Crippen MR) is 100.0 cm³/mol. The monoisotopic (exact) mass is 334 g/mol. The first-order valence-corrected chi connectivity index (χ1v) is 8.10. The number of carbonyl (C=O) groups is 1. The highest BCUT2D eigenvalue weighted by Crippen LogP contribution is 2.21. The van der Waals surface area contributed by atoms with E-state index in [1.54, 1.807) is 6.92 Å². The Morgan fingerprint density at radius 3 is 2.00 bits per heavy atom. The van der Waals surface area contributed by atoms with Gasteiger partial charge < -0.3 is 10.6 Å². The smallest absolute Gasteiger partial charge is 0.246 e. The lowest BCUT2D eigenvalue weighted by Crippen LogP contribution is -2.31. The largest absolute Gasteiger partial charge is 0.374 e. The molecule has 0 fully saturated rings. The summed E-state index contributed by atoms with van der Waals surface area (Å²) in [6.45, 7) is 1.78. The number of amides is 1. The second-order valence-electron chi connectivity index (χ2n) is 5.81. The molecule has 3 aromatic rings. The van der Waals surface area contributed by atoms with Crippen molar-refractivity contribution in [2.45, 2.75) is 13.0 Å². The highest BCUT2D eigenvalue weighted by Gasteiger charge is 2.12. The van der Waals surface area contributed by atoms with E-state index in [1.807, 2.05) is 42.5 Å². The van der Waals surface area contributed by atoms with Crippen LogP contribution in [0.15, 0.2) is 78.9 Å². The van der Waals surface area contributed by atoms with Crippen LogP contribution in [0.1, 0.15) is 6.92 Å². The van der Waals surface area contributed by atoms with E-state index in [9.17, 15) is 9.18 Å². The number of rotatable bonds is 5. The molecule has 126 valence electrons. The fraction of sp³-hybridized carbons (Fsp3) is 0.0952. The molecule has 1 atom stereocenters. The number of carbonyl (C=O) groups excluding carboxylic acids is 1. The van der Waals surface area contributed by atoms with Gasteiger partial charge in [-0.05, 0) is 54.4 Å². The lowest BCUT2D eigenvalue weighted by atomic mass is 10.1. The zero-order valence-corrected chi connectivity index (χ0v) is 13.9. The fourth-order valence-electron chi connectivity index (χ4n) is 2.49. The van der Waals surface area contributed by atoms with Crippen molar-refractivity contribution in [1.29, 1.82) is 0 Å². The Morgan fingerprint density at radius 1 is 0.800 bits per heavy atom. The van der Waals surface area contributed by atoms with Crippen molar-refractivity contribution in [3.05, 3.63) is 84.7 Å². The maximum atomic E-state index is 12.9. The molecule has 0 aromatic heterocycles. The minimum Gasteiger partial charge on any atom is -0.374 e. The van der Waals surface area contributed by atoms with Crippen LogP contribution in [-0.2, 0) is 4.79 Å². The zero-order chi connectivity index (χ0) is 17.6. The van der Waals surface area contributed by atoms with Gasteiger partial charge in [-0.1, -0.05) is 42.5 Å². The molecule has 0 saturated heterocycles. The molecular formula is C21H19FN2O. The number of hydrogen-bond acceptors (Lipinski definition) is 2. The van der Waals surface area contributed by atoms with Gasteiger partial charge in [0, 0.05) is 11.4 Å². The van der Waals surface area contributed by atoms with E-state index in [2.05, 4.69) is 22.8 Å². The molecule has 0 bridgehead atoms. The molecule has 3 nitrogen and oxygen atoms in total. The van der Waals surface area contributed by atoms with Crippen LogP contribution >= 0.6 is 0 Å². The van der Waals surface area contributed by atoms with Gasteiger partial charge in [-0.3, -0.25) is 4.79 Å². The number of nitrogens with one attached hydrogen (secondary N) is 2. The van der Waals surface area contributed by atoms with Crippen LogP contribution in [0.25, 0.3) is 11.1 Å². The average Bonchev–Trinajstić information content (AvgIpc) is 2.65. The Morgan fingerprint density at radius 2 is 1.36 bits per heavy atom. The van der Waals surface area contributed by atoms with Gasteiger partial charge in [-0.2, -0.15) is 0 Å². The molecule has 1 amide bonds. The van der Waals surface area contributed by atoms with Gasteiger partial charge in [-0.25, -0.2) is 4.39 Å². The summed E-state index contributed by atoms with van der Waals surface area (Å²) in [5.41, 5.74) is 3.70. The van der Waals surface area contributed by atoms with Crippen LogP contribution < -0.4 is 10.6 Å². The number of anilines is 2. The standard InChI is InChI=1S/C21H19FN2O/c1-15(21(25)24-20-13-9-18(22)10-14-20)23-19-11-7-17(8-12-19)16-5-3-2-4-6-16/h2-15,23H,1H3,(H,24,25)/t15-/m0/s1. The first kappa shape index (κ1) is 16.7. The third-order valence-corrected chi connectivity index (χ3v) is 3.88. The van der Waals surface area contributed by atoms with E-state index in [4.69, 9.17) is 0 Å².